The number of nitrogens with one attached hydrogen (secondary N) is 1. The van der Waals surface area contributed by atoms with Crippen LogP contribution in [0.2, 0.25) is 0 Å². The van der Waals surface area contributed by atoms with Crippen LogP contribution in [0.5, 0.6) is 0 Å². The highest BCUT2D eigenvalue weighted by atomic mass is 32.2. The molecule has 14 heavy (non-hydrogen) atoms. The molecule has 0 aromatic carbocycles. The first-order valence-electron chi connectivity index (χ1n) is 4.88. The minimum absolute atomic E-state index is 0.158. The molecule has 1 atom stereocenters. The zero-order valence-electron chi connectivity index (χ0n) is 8.60. The van der Waals surface area contributed by atoms with Gasteiger partial charge in [0.15, 0.2) is 0 Å². The quantitative estimate of drug-likeness (QED) is 0.672. The Balaban J connectivity index is 2.52. The predicted molar refractivity (Wildman–Crippen MR) is 54.4 cm³/mol. The summed E-state index contributed by atoms with van der Waals surface area (Å²) >= 11 is 0. The Morgan fingerprint density at radius 1 is 1.50 bits per heavy atom. The van der Waals surface area contributed by atoms with E-state index < -0.39 is 10.3 Å². The molecule has 1 rings (SSSR count). The van der Waals surface area contributed by atoms with Gasteiger partial charge in [0.05, 0.1) is 0 Å². The van der Waals surface area contributed by atoms with Crippen molar-refractivity contribution in [3.63, 3.8) is 0 Å². The lowest BCUT2D eigenvalue weighted by Crippen LogP contribution is -2.49. The smallest absolute Gasteiger partial charge is 0.310 e. The molecule has 0 radical (unpaired) electrons. The van der Waals surface area contributed by atoms with Crippen molar-refractivity contribution in [2.75, 3.05) is 13.1 Å². The number of rotatable bonds is 3. The van der Waals surface area contributed by atoms with Gasteiger partial charge in [0.1, 0.15) is 0 Å². The summed E-state index contributed by atoms with van der Waals surface area (Å²) in [6.07, 6.45) is 1.76. The molecular formula is C8H18N2O3S. The zero-order valence-corrected chi connectivity index (χ0v) is 9.42. The van der Waals surface area contributed by atoms with Crippen LogP contribution in [-0.2, 0) is 10.3 Å². The molecule has 0 spiro atoms. The van der Waals surface area contributed by atoms with Crippen LogP contribution >= 0.6 is 0 Å². The van der Waals surface area contributed by atoms with Crippen LogP contribution in [0.25, 0.3) is 0 Å². The predicted octanol–water partition coefficient (Wildman–Crippen LogP) is 0.252. The highest BCUT2D eigenvalue weighted by Crippen LogP contribution is 2.13. The van der Waals surface area contributed by atoms with Crippen LogP contribution in [0.1, 0.15) is 26.7 Å². The molecule has 5 nitrogen and oxygen atoms in total. The Kier molecular flexibility index (Phi) is 3.88. The van der Waals surface area contributed by atoms with Gasteiger partial charge >= 0.3 is 10.3 Å². The first-order chi connectivity index (χ1) is 6.39. The molecule has 0 aromatic rings. The van der Waals surface area contributed by atoms with E-state index >= 15 is 0 Å². The lowest BCUT2D eigenvalue weighted by atomic mass is 10.1. The van der Waals surface area contributed by atoms with Crippen molar-refractivity contribution in [3.05, 3.63) is 0 Å². The van der Waals surface area contributed by atoms with E-state index in [-0.39, 0.29) is 6.04 Å². The summed E-state index contributed by atoms with van der Waals surface area (Å²) in [7, 11) is -4.00. The monoisotopic (exact) mass is 222 g/mol. The molecule has 0 amide bonds. The van der Waals surface area contributed by atoms with Crippen LogP contribution in [-0.4, -0.2) is 42.4 Å². The van der Waals surface area contributed by atoms with Gasteiger partial charge in [-0.25, -0.2) is 0 Å². The number of nitrogens with zero attached hydrogens (tertiary/aromatic N) is 1. The van der Waals surface area contributed by atoms with Crippen molar-refractivity contribution in [2.24, 2.45) is 0 Å². The summed E-state index contributed by atoms with van der Waals surface area (Å²) in [6, 6.07) is 0.493. The average molecular weight is 222 g/mol. The first-order valence-corrected chi connectivity index (χ1v) is 6.28. The molecule has 1 unspecified atom stereocenters. The maximum Gasteiger partial charge on any atom is 0.335 e. The second kappa shape index (κ2) is 4.57. The molecule has 0 aromatic heterocycles. The molecular weight excluding hydrogens is 204 g/mol. The van der Waals surface area contributed by atoms with E-state index in [1.165, 1.54) is 0 Å². The second-order valence-electron chi connectivity index (χ2n) is 4.00. The zero-order chi connectivity index (χ0) is 10.8. The van der Waals surface area contributed by atoms with Crippen LogP contribution in [0.15, 0.2) is 0 Å². The topological polar surface area (TPSA) is 69.6 Å². The molecule has 84 valence electrons. The van der Waals surface area contributed by atoms with Gasteiger partial charge in [-0.15, -0.1) is 0 Å². The van der Waals surface area contributed by atoms with Crippen molar-refractivity contribution >= 4 is 10.3 Å². The highest BCUT2D eigenvalue weighted by molar-refractivity contribution is 7.83. The third-order valence-corrected chi connectivity index (χ3v) is 3.26. The lowest BCUT2D eigenvalue weighted by Gasteiger charge is -2.31. The molecule has 1 saturated heterocycles. The first kappa shape index (κ1) is 11.9. The van der Waals surface area contributed by atoms with Crippen LogP contribution in [0, 0.1) is 0 Å². The van der Waals surface area contributed by atoms with Gasteiger partial charge in [0, 0.05) is 25.2 Å². The average Bonchev–Trinajstić information content (AvgIpc) is 2.01. The largest absolute Gasteiger partial charge is 0.335 e. The van der Waals surface area contributed by atoms with Gasteiger partial charge < -0.3 is 5.32 Å². The number of hydrogen-bond acceptors (Lipinski definition) is 3. The highest BCUT2D eigenvalue weighted by Gasteiger charge is 2.27. The van der Waals surface area contributed by atoms with E-state index in [1.807, 2.05) is 13.8 Å². The SMILES string of the molecule is CC(C)NC1CCCN(S(=O)(=O)O)C1. The van der Waals surface area contributed by atoms with Gasteiger partial charge in [0.25, 0.3) is 0 Å². The van der Waals surface area contributed by atoms with E-state index in [1.54, 1.807) is 0 Å². The molecule has 0 bridgehead atoms. The summed E-state index contributed by atoms with van der Waals surface area (Å²) in [5.41, 5.74) is 0. The van der Waals surface area contributed by atoms with Crippen LogP contribution in [0.4, 0.5) is 0 Å². The summed E-state index contributed by atoms with van der Waals surface area (Å²) in [5, 5.41) is 3.27. The second-order valence-corrected chi connectivity index (χ2v) is 5.41. The van der Waals surface area contributed by atoms with Gasteiger partial charge in [-0.3, -0.25) is 4.55 Å². The minimum atomic E-state index is -4.00. The molecule has 1 heterocycles. The molecule has 1 aliphatic rings. The summed E-state index contributed by atoms with van der Waals surface area (Å²) < 4.78 is 31.7. The molecule has 0 saturated carbocycles. The van der Waals surface area contributed by atoms with Gasteiger partial charge in [-0.1, -0.05) is 13.8 Å². The Hall–Kier alpha value is -0.170. The maximum atomic E-state index is 10.9. The fourth-order valence-corrected chi connectivity index (χ4v) is 2.49. The van der Waals surface area contributed by atoms with Crippen molar-refractivity contribution in [3.8, 4) is 0 Å². The fourth-order valence-electron chi connectivity index (χ4n) is 1.76. The minimum Gasteiger partial charge on any atom is -0.310 e. The molecule has 1 fully saturated rings. The Morgan fingerprint density at radius 2 is 2.14 bits per heavy atom. The van der Waals surface area contributed by atoms with E-state index in [2.05, 4.69) is 5.32 Å². The lowest BCUT2D eigenvalue weighted by molar-refractivity contribution is 0.253. The fraction of sp³-hybridized carbons (Fsp3) is 1.00. The molecule has 0 aliphatic carbocycles. The summed E-state index contributed by atoms with van der Waals surface area (Å²) in [5.74, 6) is 0. The normalized spacial score (nSPS) is 25.6. The van der Waals surface area contributed by atoms with Gasteiger partial charge in [-0.05, 0) is 12.8 Å². The van der Waals surface area contributed by atoms with E-state index in [0.717, 1.165) is 17.1 Å². The van der Waals surface area contributed by atoms with Crippen LogP contribution in [0.3, 0.4) is 0 Å². The van der Waals surface area contributed by atoms with Crippen molar-refractivity contribution < 1.29 is 13.0 Å². The third kappa shape index (κ3) is 3.53. The van der Waals surface area contributed by atoms with Crippen molar-refractivity contribution in [2.45, 2.75) is 38.8 Å². The van der Waals surface area contributed by atoms with Crippen LogP contribution < -0.4 is 5.32 Å². The van der Waals surface area contributed by atoms with Crippen molar-refractivity contribution in [1.82, 2.24) is 9.62 Å². The van der Waals surface area contributed by atoms with Gasteiger partial charge in [-0.2, -0.15) is 12.7 Å². The summed E-state index contributed by atoms with van der Waals surface area (Å²) in [4.78, 5) is 0. The maximum absolute atomic E-state index is 10.9. The van der Waals surface area contributed by atoms with Gasteiger partial charge in [0.2, 0.25) is 0 Å². The van der Waals surface area contributed by atoms with E-state index in [4.69, 9.17) is 4.55 Å². The Bertz CT molecular complexity index is 276. The Labute approximate surface area is 85.4 Å². The Morgan fingerprint density at radius 3 is 2.64 bits per heavy atom. The molecule has 2 N–H and O–H groups in total. The molecule has 6 heteroatoms. The number of piperidine rings is 1. The summed E-state index contributed by atoms with van der Waals surface area (Å²) in [6.45, 7) is 4.84. The van der Waals surface area contributed by atoms with Crippen molar-refractivity contribution in [1.29, 1.82) is 0 Å². The van der Waals surface area contributed by atoms with E-state index in [0.29, 0.717) is 19.1 Å². The number of hydrogen-bond donors (Lipinski definition) is 2. The standard InChI is InChI=1S/C8H18N2O3S/c1-7(2)9-8-4-3-5-10(6-8)14(11,12)13/h7-9H,3-6H2,1-2H3,(H,11,12,13). The molecule has 1 aliphatic heterocycles. The van der Waals surface area contributed by atoms with E-state index in [9.17, 15) is 8.42 Å². The third-order valence-electron chi connectivity index (χ3n) is 2.28.